The molecule has 0 saturated heterocycles. The maximum Gasteiger partial charge on any atom is 0.214 e. The highest BCUT2D eigenvalue weighted by atomic mass is 32.2. The lowest BCUT2D eigenvalue weighted by Crippen LogP contribution is -2.32. The summed E-state index contributed by atoms with van der Waals surface area (Å²) in [6.07, 6.45) is 9.23. The van der Waals surface area contributed by atoms with E-state index in [1.807, 2.05) is 39.8 Å². The zero-order valence-corrected chi connectivity index (χ0v) is 25.8. The summed E-state index contributed by atoms with van der Waals surface area (Å²) >= 11 is 0. The average Bonchev–Trinajstić information content (AvgIpc) is 3.74. The lowest BCUT2D eigenvalue weighted by Gasteiger charge is -2.24. The molecule has 0 spiro atoms. The van der Waals surface area contributed by atoms with Crippen molar-refractivity contribution in [2.45, 2.75) is 126 Å². The molecule has 2 saturated carbocycles. The molecule has 0 radical (unpaired) electrons. The molecule has 2 aromatic carbocycles. The highest BCUT2D eigenvalue weighted by molar-refractivity contribution is 7.90. The van der Waals surface area contributed by atoms with Crippen molar-refractivity contribution in [2.75, 3.05) is 0 Å². The molecule has 5 rings (SSSR count). The van der Waals surface area contributed by atoms with Gasteiger partial charge in [0.2, 0.25) is 10.0 Å². The third-order valence-corrected chi connectivity index (χ3v) is 9.11. The van der Waals surface area contributed by atoms with E-state index in [0.29, 0.717) is 0 Å². The van der Waals surface area contributed by atoms with Crippen molar-refractivity contribution in [3.8, 4) is 11.1 Å². The van der Waals surface area contributed by atoms with E-state index in [2.05, 4.69) is 73.3 Å². The van der Waals surface area contributed by atoms with Crippen LogP contribution in [0.25, 0.3) is 11.1 Å². The Labute approximate surface area is 260 Å². The lowest BCUT2D eigenvalue weighted by atomic mass is 9.82. The molecule has 0 amide bonds. The van der Waals surface area contributed by atoms with E-state index in [4.69, 9.17) is 4.84 Å². The molecule has 2 fully saturated rings. The van der Waals surface area contributed by atoms with Crippen LogP contribution in [0.2, 0.25) is 0 Å². The molecule has 3 aliphatic carbocycles. The SMILES string of the molecule is C.C.C.C=C.CC(C)C1CCCCC1.CC(C)NS(=O)(=O)C1CC1.CC(C)ON=C1c2ccccc2-c2ccccc21. The number of benzene rings is 2. The van der Waals surface area contributed by atoms with Crippen LogP contribution < -0.4 is 4.72 Å². The highest BCUT2D eigenvalue weighted by Crippen LogP contribution is 2.36. The van der Waals surface area contributed by atoms with Crippen LogP contribution in [0.3, 0.4) is 0 Å². The molecule has 6 heteroatoms. The normalized spacial score (nSPS) is 15.0. The maximum absolute atomic E-state index is 11.1. The molecule has 0 unspecified atom stereocenters. The molecule has 42 heavy (non-hydrogen) atoms. The number of hydrogen-bond donors (Lipinski definition) is 1. The summed E-state index contributed by atoms with van der Waals surface area (Å²) in [5.74, 6) is 1.99. The van der Waals surface area contributed by atoms with Gasteiger partial charge in [-0.05, 0) is 63.5 Å². The fourth-order valence-electron chi connectivity index (χ4n) is 4.85. The van der Waals surface area contributed by atoms with Gasteiger partial charge in [-0.1, -0.05) is 122 Å². The Kier molecular flexibility index (Phi) is 20.3. The van der Waals surface area contributed by atoms with Gasteiger partial charge in [-0.3, -0.25) is 0 Å². The second kappa shape index (κ2) is 20.5. The van der Waals surface area contributed by atoms with Crippen LogP contribution in [0.15, 0.2) is 66.8 Å². The van der Waals surface area contributed by atoms with Crippen LogP contribution in [0.4, 0.5) is 0 Å². The van der Waals surface area contributed by atoms with Gasteiger partial charge in [-0.2, -0.15) is 0 Å². The largest absolute Gasteiger partial charge is 0.393 e. The summed E-state index contributed by atoms with van der Waals surface area (Å²) in [5.41, 5.74) is 5.71. The zero-order chi connectivity index (χ0) is 29.0. The number of fused-ring (bicyclic) bond motifs is 3. The zero-order valence-electron chi connectivity index (χ0n) is 24.9. The standard InChI is InChI=1S/C16H15NO.C9H18.C6H13NO2S.C2H4.3CH4/c1-11(2)18-17-16-14-9-5-3-7-12(14)13-8-4-6-10-15(13)16;1-8(2)9-6-4-3-5-7-9;1-5(2)7-10(8,9)6-3-4-6;1-2;;;/h3-11H,1-2H3;8-9H,3-7H2,1-2H3;5-7H,3-4H2,1-2H3;1-2H2;3*1H4. The highest BCUT2D eigenvalue weighted by Gasteiger charge is 2.35. The van der Waals surface area contributed by atoms with Crippen molar-refractivity contribution in [1.82, 2.24) is 4.72 Å². The smallest absolute Gasteiger partial charge is 0.214 e. The van der Waals surface area contributed by atoms with Crippen LogP contribution in [0.1, 0.15) is 120 Å². The van der Waals surface area contributed by atoms with E-state index in [1.54, 1.807) is 0 Å². The fourth-order valence-corrected chi connectivity index (χ4v) is 6.46. The molecule has 1 N–H and O–H groups in total. The van der Waals surface area contributed by atoms with Gasteiger partial charge in [0.1, 0.15) is 11.8 Å². The fraction of sp³-hybridized carbons (Fsp3) is 0.583. The van der Waals surface area contributed by atoms with Crippen LogP contribution in [-0.2, 0) is 14.9 Å². The third-order valence-electron chi connectivity index (χ3n) is 6.97. The van der Waals surface area contributed by atoms with Gasteiger partial charge in [-0.15, -0.1) is 13.2 Å². The van der Waals surface area contributed by atoms with Gasteiger partial charge in [-0.25, -0.2) is 13.1 Å². The Morgan fingerprint density at radius 2 is 1.17 bits per heavy atom. The average molecular weight is 603 g/mol. The minimum atomic E-state index is -2.94. The second-order valence-electron chi connectivity index (χ2n) is 11.3. The summed E-state index contributed by atoms with van der Waals surface area (Å²) < 4.78 is 24.7. The molecule has 3 aliphatic rings. The van der Waals surface area contributed by atoms with Crippen LogP contribution >= 0.6 is 0 Å². The molecule has 240 valence electrons. The van der Waals surface area contributed by atoms with Crippen LogP contribution in [0.5, 0.6) is 0 Å². The molecule has 0 aromatic heterocycles. The number of rotatable bonds is 6. The monoisotopic (exact) mass is 602 g/mol. The van der Waals surface area contributed by atoms with Crippen molar-refractivity contribution in [1.29, 1.82) is 0 Å². The molecule has 2 aromatic rings. The molecular formula is C36H62N2O3S. The van der Waals surface area contributed by atoms with Crippen molar-refractivity contribution < 1.29 is 13.3 Å². The van der Waals surface area contributed by atoms with E-state index >= 15 is 0 Å². The predicted molar refractivity (Wildman–Crippen MR) is 187 cm³/mol. The van der Waals surface area contributed by atoms with Gasteiger partial charge in [0.05, 0.1) is 5.25 Å². The van der Waals surface area contributed by atoms with E-state index in [1.165, 1.54) is 43.2 Å². The Bertz CT molecular complexity index is 1100. The molecule has 5 nitrogen and oxygen atoms in total. The number of hydrogen-bond acceptors (Lipinski definition) is 4. The molecule has 0 bridgehead atoms. The minimum absolute atomic E-state index is 0. The number of oxime groups is 1. The first-order valence-electron chi connectivity index (χ1n) is 14.5. The number of sulfonamides is 1. The molecule has 0 heterocycles. The first kappa shape index (κ1) is 41.7. The number of nitrogens with zero attached hydrogens (tertiary/aromatic N) is 1. The first-order valence-corrected chi connectivity index (χ1v) is 16.1. The van der Waals surface area contributed by atoms with E-state index in [9.17, 15) is 8.42 Å². The summed E-state index contributed by atoms with van der Waals surface area (Å²) in [5, 5.41) is 4.23. The van der Waals surface area contributed by atoms with Crippen molar-refractivity contribution >= 4 is 15.7 Å². The topological polar surface area (TPSA) is 67.8 Å². The quantitative estimate of drug-likeness (QED) is 0.225. The van der Waals surface area contributed by atoms with Crippen molar-refractivity contribution in [2.24, 2.45) is 17.0 Å². The van der Waals surface area contributed by atoms with Crippen LogP contribution in [-0.4, -0.2) is 31.5 Å². The summed E-state index contributed by atoms with van der Waals surface area (Å²) in [4.78, 5) is 5.43. The molecule has 0 aliphatic heterocycles. The van der Waals surface area contributed by atoms with Gasteiger partial charge < -0.3 is 4.84 Å². The van der Waals surface area contributed by atoms with Crippen molar-refractivity contribution in [3.63, 3.8) is 0 Å². The third kappa shape index (κ3) is 12.8. The summed E-state index contributed by atoms with van der Waals surface area (Å²) in [7, 11) is -2.94. The molecular weight excluding hydrogens is 540 g/mol. The Morgan fingerprint density at radius 1 is 0.738 bits per heavy atom. The Balaban J connectivity index is 0. The molecule has 0 atom stereocenters. The maximum atomic E-state index is 11.1. The van der Waals surface area contributed by atoms with Crippen LogP contribution in [0, 0.1) is 11.8 Å². The summed E-state index contributed by atoms with van der Waals surface area (Å²) in [6, 6.07) is 16.7. The van der Waals surface area contributed by atoms with E-state index < -0.39 is 10.0 Å². The van der Waals surface area contributed by atoms with Crippen molar-refractivity contribution in [3.05, 3.63) is 72.8 Å². The van der Waals surface area contributed by atoms with E-state index in [0.717, 1.165) is 41.5 Å². The minimum Gasteiger partial charge on any atom is -0.393 e. The predicted octanol–water partition coefficient (Wildman–Crippen LogP) is 10.3. The second-order valence-corrected chi connectivity index (χ2v) is 13.3. The van der Waals surface area contributed by atoms with Gasteiger partial charge in [0.15, 0.2) is 0 Å². The van der Waals surface area contributed by atoms with Gasteiger partial charge >= 0.3 is 0 Å². The first-order chi connectivity index (χ1) is 18.6. The van der Waals surface area contributed by atoms with Gasteiger partial charge in [0, 0.05) is 17.2 Å². The Morgan fingerprint density at radius 3 is 1.50 bits per heavy atom. The number of nitrogens with one attached hydrogen (secondary N) is 1. The summed E-state index contributed by atoms with van der Waals surface area (Å²) in [6.45, 7) is 18.3. The van der Waals surface area contributed by atoms with Gasteiger partial charge in [0.25, 0.3) is 0 Å². The lowest BCUT2D eigenvalue weighted by molar-refractivity contribution is 0.0863. The van der Waals surface area contributed by atoms with E-state index in [-0.39, 0.29) is 39.7 Å². The Hall–Kier alpha value is -2.44.